The van der Waals surface area contributed by atoms with Gasteiger partial charge in [0, 0.05) is 13.1 Å². The second kappa shape index (κ2) is 9.13. The van der Waals surface area contributed by atoms with E-state index in [1.807, 2.05) is 62.4 Å². The molecular formula is C26H28N4O4. The van der Waals surface area contributed by atoms with Crippen molar-refractivity contribution in [3.05, 3.63) is 88.5 Å². The van der Waals surface area contributed by atoms with Gasteiger partial charge in [-0.2, -0.15) is 0 Å². The fraction of sp³-hybridized carbons (Fsp3) is 0.308. The van der Waals surface area contributed by atoms with Gasteiger partial charge in [-0.1, -0.05) is 59.7 Å². The van der Waals surface area contributed by atoms with Crippen molar-refractivity contribution in [2.75, 3.05) is 7.11 Å². The quantitative estimate of drug-likeness (QED) is 0.571. The van der Waals surface area contributed by atoms with E-state index in [0.717, 1.165) is 22.3 Å². The third-order valence-electron chi connectivity index (χ3n) is 6.22. The molecule has 0 radical (unpaired) electrons. The summed E-state index contributed by atoms with van der Waals surface area (Å²) in [6, 6.07) is 15.7. The Morgan fingerprint density at radius 3 is 2.50 bits per heavy atom. The molecule has 0 unspecified atom stereocenters. The van der Waals surface area contributed by atoms with E-state index in [1.165, 1.54) is 18.3 Å². The molecular weight excluding hydrogens is 432 g/mol. The first-order valence-electron chi connectivity index (χ1n) is 11.1. The highest BCUT2D eigenvalue weighted by molar-refractivity contribution is 6.06. The Hall–Kier alpha value is -3.94. The third-order valence-corrected chi connectivity index (χ3v) is 6.22. The number of rotatable bonds is 6. The molecule has 176 valence electrons. The Labute approximate surface area is 198 Å². The molecule has 0 aliphatic carbocycles. The van der Waals surface area contributed by atoms with Crippen molar-refractivity contribution < 1.29 is 19.1 Å². The Bertz CT molecular complexity index is 1250. The van der Waals surface area contributed by atoms with Crippen LogP contribution < -0.4 is 5.32 Å². The fourth-order valence-electron chi connectivity index (χ4n) is 4.25. The van der Waals surface area contributed by atoms with Gasteiger partial charge in [0.25, 0.3) is 5.91 Å². The Morgan fingerprint density at radius 2 is 1.82 bits per heavy atom. The molecule has 0 bridgehead atoms. The number of nitrogens with zero attached hydrogens (tertiary/aromatic N) is 3. The summed E-state index contributed by atoms with van der Waals surface area (Å²) in [5, 5.41) is 2.99. The minimum atomic E-state index is -1.20. The lowest BCUT2D eigenvalue weighted by Crippen LogP contribution is -2.63. The second-order valence-corrected chi connectivity index (χ2v) is 8.88. The van der Waals surface area contributed by atoms with Gasteiger partial charge >= 0.3 is 5.97 Å². The zero-order valence-electron chi connectivity index (χ0n) is 19.8. The minimum Gasteiger partial charge on any atom is -0.464 e. The zero-order valence-corrected chi connectivity index (χ0v) is 19.8. The molecule has 0 saturated heterocycles. The number of nitrogens with one attached hydrogen (secondary N) is 1. The number of amides is 2. The van der Waals surface area contributed by atoms with E-state index in [0.29, 0.717) is 6.54 Å². The first-order valence-corrected chi connectivity index (χ1v) is 11.1. The average Bonchev–Trinajstić information content (AvgIpc) is 3.24. The molecule has 1 aliphatic rings. The first-order chi connectivity index (χ1) is 16.2. The summed E-state index contributed by atoms with van der Waals surface area (Å²) in [5.74, 6) is -1.42. The van der Waals surface area contributed by atoms with Crippen molar-refractivity contribution in [1.82, 2.24) is 19.8 Å². The largest absolute Gasteiger partial charge is 0.464 e. The van der Waals surface area contributed by atoms with Crippen molar-refractivity contribution in [2.24, 2.45) is 0 Å². The van der Waals surface area contributed by atoms with Crippen LogP contribution in [-0.4, -0.2) is 44.9 Å². The van der Waals surface area contributed by atoms with Crippen molar-refractivity contribution in [3.8, 4) is 0 Å². The van der Waals surface area contributed by atoms with Crippen LogP contribution in [0.2, 0.25) is 0 Å². The van der Waals surface area contributed by atoms with E-state index >= 15 is 0 Å². The van der Waals surface area contributed by atoms with E-state index in [4.69, 9.17) is 4.74 Å². The summed E-state index contributed by atoms with van der Waals surface area (Å²) in [6.07, 6.45) is 1.41. The number of carbonyl (C=O) groups excluding carboxylic acids is 3. The maximum Gasteiger partial charge on any atom is 0.359 e. The molecule has 0 fully saturated rings. The van der Waals surface area contributed by atoms with Crippen LogP contribution in [0.5, 0.6) is 0 Å². The Morgan fingerprint density at radius 1 is 1.09 bits per heavy atom. The first kappa shape index (κ1) is 23.2. The predicted octanol–water partition coefficient (Wildman–Crippen LogP) is 3.02. The topological polar surface area (TPSA) is 93.5 Å². The summed E-state index contributed by atoms with van der Waals surface area (Å²) in [6.45, 7) is 6.42. The van der Waals surface area contributed by atoms with E-state index in [-0.39, 0.29) is 30.4 Å². The second-order valence-electron chi connectivity index (χ2n) is 8.88. The molecule has 4 rings (SSSR count). The molecule has 34 heavy (non-hydrogen) atoms. The smallest absolute Gasteiger partial charge is 0.359 e. The maximum atomic E-state index is 13.7. The van der Waals surface area contributed by atoms with Crippen molar-refractivity contribution in [2.45, 2.75) is 45.9 Å². The fourth-order valence-corrected chi connectivity index (χ4v) is 4.25. The Kier molecular flexibility index (Phi) is 6.24. The van der Waals surface area contributed by atoms with Crippen LogP contribution in [0, 0.1) is 13.8 Å². The lowest BCUT2D eigenvalue weighted by molar-refractivity contribution is -0.133. The van der Waals surface area contributed by atoms with Crippen LogP contribution in [0.1, 0.15) is 50.2 Å². The van der Waals surface area contributed by atoms with Crippen LogP contribution in [0.4, 0.5) is 0 Å². The SMILES string of the molecule is COC(=O)c1ncn2c1C(=O)N(Cc1cccc(C)c1)[C@](C)(C(=O)NCc1ccc(C)cc1)C2. The number of imidazole rings is 1. The summed E-state index contributed by atoms with van der Waals surface area (Å²) >= 11 is 0. The van der Waals surface area contributed by atoms with Crippen LogP contribution in [-0.2, 0) is 29.2 Å². The van der Waals surface area contributed by atoms with Crippen LogP contribution in [0.15, 0.2) is 54.9 Å². The molecule has 0 spiro atoms. The van der Waals surface area contributed by atoms with Crippen molar-refractivity contribution in [1.29, 1.82) is 0 Å². The van der Waals surface area contributed by atoms with Gasteiger partial charge in [-0.05, 0) is 31.9 Å². The predicted molar refractivity (Wildman–Crippen MR) is 126 cm³/mol. The molecule has 8 heteroatoms. The molecule has 1 atom stereocenters. The molecule has 1 aliphatic heterocycles. The summed E-state index contributed by atoms with van der Waals surface area (Å²) in [5.41, 5.74) is 2.91. The van der Waals surface area contributed by atoms with E-state index in [2.05, 4.69) is 10.3 Å². The number of benzene rings is 2. The summed E-state index contributed by atoms with van der Waals surface area (Å²) < 4.78 is 6.37. The number of fused-ring (bicyclic) bond motifs is 1. The molecule has 2 amide bonds. The van der Waals surface area contributed by atoms with Gasteiger partial charge in [-0.25, -0.2) is 9.78 Å². The average molecular weight is 461 g/mol. The van der Waals surface area contributed by atoms with Gasteiger partial charge < -0.3 is 19.5 Å². The van der Waals surface area contributed by atoms with Crippen LogP contribution >= 0.6 is 0 Å². The molecule has 0 saturated carbocycles. The lowest BCUT2D eigenvalue weighted by Gasteiger charge is -2.43. The highest BCUT2D eigenvalue weighted by atomic mass is 16.5. The number of esters is 1. The number of hydrogen-bond acceptors (Lipinski definition) is 5. The molecule has 3 aromatic rings. The highest BCUT2D eigenvalue weighted by Crippen LogP contribution is 2.31. The highest BCUT2D eigenvalue weighted by Gasteiger charge is 2.48. The molecule has 2 aromatic carbocycles. The zero-order chi connectivity index (χ0) is 24.5. The number of hydrogen-bond donors (Lipinski definition) is 1. The standard InChI is InChI=1S/C26H28N4O4/c1-17-8-10-19(11-9-17)13-27-25(33)26(3)15-29-16-28-21(24(32)34-4)22(29)23(31)30(26)14-20-7-5-6-18(2)12-20/h5-12,16H,13-15H2,1-4H3,(H,27,33)/t26-/m0/s1. The van der Waals surface area contributed by atoms with Gasteiger partial charge in [0.05, 0.1) is 20.0 Å². The van der Waals surface area contributed by atoms with Gasteiger partial charge in [0.2, 0.25) is 5.91 Å². The maximum absolute atomic E-state index is 13.7. The van der Waals surface area contributed by atoms with Crippen molar-refractivity contribution in [3.63, 3.8) is 0 Å². The normalized spacial score (nSPS) is 17.3. The van der Waals surface area contributed by atoms with E-state index in [9.17, 15) is 14.4 Å². The van der Waals surface area contributed by atoms with Gasteiger partial charge in [0.1, 0.15) is 11.2 Å². The number of methoxy groups -OCH3 is 1. The number of ether oxygens (including phenoxy) is 1. The lowest BCUT2D eigenvalue weighted by atomic mass is 9.93. The van der Waals surface area contributed by atoms with Crippen molar-refractivity contribution >= 4 is 17.8 Å². The molecule has 1 N–H and O–H groups in total. The van der Waals surface area contributed by atoms with Crippen LogP contribution in [0.25, 0.3) is 0 Å². The minimum absolute atomic E-state index is 0.0520. The Balaban J connectivity index is 1.69. The third kappa shape index (κ3) is 4.31. The number of aromatic nitrogens is 2. The van der Waals surface area contributed by atoms with E-state index < -0.39 is 17.4 Å². The number of aryl methyl sites for hydroxylation is 2. The molecule has 1 aromatic heterocycles. The number of carbonyl (C=O) groups is 3. The van der Waals surface area contributed by atoms with Crippen LogP contribution in [0.3, 0.4) is 0 Å². The molecule has 8 nitrogen and oxygen atoms in total. The van der Waals surface area contributed by atoms with E-state index in [1.54, 1.807) is 11.5 Å². The van der Waals surface area contributed by atoms with Gasteiger partial charge in [-0.15, -0.1) is 0 Å². The monoisotopic (exact) mass is 460 g/mol. The van der Waals surface area contributed by atoms with Gasteiger partial charge in [-0.3, -0.25) is 9.59 Å². The molecule has 2 heterocycles. The van der Waals surface area contributed by atoms with Gasteiger partial charge in [0.15, 0.2) is 5.69 Å². The summed E-state index contributed by atoms with van der Waals surface area (Å²) in [4.78, 5) is 45.1. The summed E-state index contributed by atoms with van der Waals surface area (Å²) in [7, 11) is 1.24.